The summed E-state index contributed by atoms with van der Waals surface area (Å²) in [5.74, 6) is 0.790. The van der Waals surface area contributed by atoms with E-state index in [1.807, 2.05) is 60.0 Å². The number of rotatable bonds is 8. The van der Waals surface area contributed by atoms with Crippen LogP contribution in [0.3, 0.4) is 0 Å². The number of anilines is 1. The fraction of sp³-hybridized carbons (Fsp3) is 0.304. The number of methoxy groups -OCH3 is 1. The Hall–Kier alpha value is -3.12. The van der Waals surface area contributed by atoms with E-state index >= 15 is 0 Å². The first-order valence-corrected chi connectivity index (χ1v) is 11.1. The quantitative estimate of drug-likeness (QED) is 0.354. The molecule has 3 aromatic rings. The van der Waals surface area contributed by atoms with Gasteiger partial charge in [0.15, 0.2) is 5.13 Å². The third-order valence-electron chi connectivity index (χ3n) is 4.27. The van der Waals surface area contributed by atoms with Crippen LogP contribution in [-0.2, 0) is 11.2 Å². The van der Waals surface area contributed by atoms with E-state index in [2.05, 4.69) is 10.3 Å². The van der Waals surface area contributed by atoms with Crippen LogP contribution in [-0.4, -0.2) is 43.4 Å². The predicted molar refractivity (Wildman–Crippen MR) is 122 cm³/mol. The lowest BCUT2D eigenvalue weighted by Gasteiger charge is -2.09. The zero-order valence-electron chi connectivity index (χ0n) is 18.5. The van der Waals surface area contributed by atoms with Crippen LogP contribution in [0.2, 0.25) is 0 Å². The number of halogens is 6. The summed E-state index contributed by atoms with van der Waals surface area (Å²) in [5.41, 5.74) is 3.00. The van der Waals surface area contributed by atoms with Gasteiger partial charge in [-0.1, -0.05) is 30.3 Å². The van der Waals surface area contributed by atoms with Crippen molar-refractivity contribution >= 4 is 22.4 Å². The van der Waals surface area contributed by atoms with Crippen molar-refractivity contribution < 1.29 is 35.9 Å². The molecule has 1 heterocycles. The van der Waals surface area contributed by atoms with Crippen LogP contribution in [0.4, 0.5) is 31.5 Å². The van der Waals surface area contributed by atoms with E-state index in [0.29, 0.717) is 11.6 Å². The average Bonchev–Trinajstić information content (AvgIpc) is 3.25. The highest BCUT2D eigenvalue weighted by Crippen LogP contribution is 2.26. The Balaban J connectivity index is 0.000000334. The summed E-state index contributed by atoms with van der Waals surface area (Å²) in [6.07, 6.45) is -8.01. The highest BCUT2D eigenvalue weighted by atomic mass is 32.1. The lowest BCUT2D eigenvalue weighted by Crippen LogP contribution is -2.35. The second-order valence-electron chi connectivity index (χ2n) is 7.13. The standard InChI is InChI=1S/C19H18N2O2S.C4H5F6N/c1-23-16-10-8-15(9-11-16)17-13-24-19(20-17)21-18(22)12-7-14-5-3-2-4-6-14;5-3(6,7)1-11-2-4(8,9)10/h2-6,8-11,13H,7,12H2,1H3,(H,20,21,22);11H,1-2H2. The maximum Gasteiger partial charge on any atom is 0.401 e. The number of nitrogens with one attached hydrogen (secondary N) is 2. The number of aryl methyl sites for hydroxylation is 1. The van der Waals surface area contributed by atoms with Gasteiger partial charge in [0.05, 0.1) is 25.9 Å². The molecule has 0 unspecified atom stereocenters. The number of hydrogen-bond donors (Lipinski definition) is 2. The van der Waals surface area contributed by atoms with Crippen LogP contribution in [0.15, 0.2) is 60.0 Å². The van der Waals surface area contributed by atoms with Crippen molar-refractivity contribution in [1.29, 1.82) is 0 Å². The molecule has 0 aliphatic carbocycles. The van der Waals surface area contributed by atoms with Crippen molar-refractivity contribution in [2.24, 2.45) is 0 Å². The van der Waals surface area contributed by atoms with E-state index in [1.54, 1.807) is 7.11 Å². The molecular formula is C23H23F6N3O2S. The number of carbonyl (C=O) groups excluding carboxylic acids is 1. The molecular weight excluding hydrogens is 496 g/mol. The second kappa shape index (κ2) is 13.1. The molecule has 0 aliphatic heterocycles. The lowest BCUT2D eigenvalue weighted by molar-refractivity contribution is -0.145. The van der Waals surface area contributed by atoms with Crippen molar-refractivity contribution in [3.63, 3.8) is 0 Å². The number of hydrogen-bond acceptors (Lipinski definition) is 5. The molecule has 5 nitrogen and oxygen atoms in total. The number of benzene rings is 2. The van der Waals surface area contributed by atoms with Gasteiger partial charge in [-0.2, -0.15) is 26.3 Å². The van der Waals surface area contributed by atoms with Crippen LogP contribution in [0, 0.1) is 0 Å². The van der Waals surface area contributed by atoms with Gasteiger partial charge in [0.25, 0.3) is 0 Å². The van der Waals surface area contributed by atoms with Gasteiger partial charge in [0, 0.05) is 17.4 Å². The van der Waals surface area contributed by atoms with Gasteiger partial charge >= 0.3 is 12.4 Å². The highest BCUT2D eigenvalue weighted by molar-refractivity contribution is 7.14. The van der Waals surface area contributed by atoms with Crippen molar-refractivity contribution in [2.75, 3.05) is 25.5 Å². The van der Waals surface area contributed by atoms with E-state index in [4.69, 9.17) is 4.74 Å². The molecule has 3 rings (SSSR count). The van der Waals surface area contributed by atoms with E-state index in [-0.39, 0.29) is 5.91 Å². The highest BCUT2D eigenvalue weighted by Gasteiger charge is 2.31. The monoisotopic (exact) mass is 519 g/mol. The molecule has 2 N–H and O–H groups in total. The van der Waals surface area contributed by atoms with Crippen molar-refractivity contribution in [1.82, 2.24) is 10.3 Å². The Morgan fingerprint density at radius 2 is 1.54 bits per heavy atom. The predicted octanol–water partition coefficient (Wildman–Crippen LogP) is 6.09. The zero-order valence-corrected chi connectivity index (χ0v) is 19.4. The summed E-state index contributed by atoms with van der Waals surface area (Å²) in [6, 6.07) is 17.7. The summed E-state index contributed by atoms with van der Waals surface area (Å²) >= 11 is 1.43. The minimum Gasteiger partial charge on any atom is -0.497 e. The molecule has 2 aromatic carbocycles. The first-order chi connectivity index (χ1) is 16.4. The fourth-order valence-electron chi connectivity index (χ4n) is 2.66. The van der Waals surface area contributed by atoms with Gasteiger partial charge in [-0.15, -0.1) is 11.3 Å². The number of amides is 1. The van der Waals surface area contributed by atoms with Gasteiger partial charge < -0.3 is 15.4 Å². The molecule has 0 atom stereocenters. The molecule has 0 saturated carbocycles. The van der Waals surface area contributed by atoms with E-state index in [9.17, 15) is 31.1 Å². The van der Waals surface area contributed by atoms with Gasteiger partial charge in [-0.3, -0.25) is 4.79 Å². The molecule has 1 aromatic heterocycles. The Bertz CT molecular complexity index is 1020. The first kappa shape index (κ1) is 28.1. The Morgan fingerprint density at radius 3 is 2.09 bits per heavy atom. The topological polar surface area (TPSA) is 63.2 Å². The van der Waals surface area contributed by atoms with Crippen molar-refractivity contribution in [2.45, 2.75) is 25.2 Å². The Kier molecular flexibility index (Phi) is 10.5. The third-order valence-corrected chi connectivity index (χ3v) is 5.03. The molecule has 0 bridgehead atoms. The number of thiazole rings is 1. The summed E-state index contributed by atoms with van der Waals surface area (Å²) in [7, 11) is 1.64. The van der Waals surface area contributed by atoms with E-state index < -0.39 is 25.4 Å². The van der Waals surface area contributed by atoms with Gasteiger partial charge in [0.2, 0.25) is 5.91 Å². The molecule has 12 heteroatoms. The van der Waals surface area contributed by atoms with Crippen LogP contribution in [0.5, 0.6) is 5.75 Å². The fourth-order valence-corrected chi connectivity index (χ4v) is 3.39. The van der Waals surface area contributed by atoms with Crippen molar-refractivity contribution in [3.05, 3.63) is 65.5 Å². The largest absolute Gasteiger partial charge is 0.497 e. The third kappa shape index (κ3) is 11.7. The summed E-state index contributed by atoms with van der Waals surface area (Å²) in [5, 5.41) is 6.65. The molecule has 35 heavy (non-hydrogen) atoms. The molecule has 0 aliphatic rings. The molecule has 0 radical (unpaired) electrons. The second-order valence-corrected chi connectivity index (χ2v) is 7.99. The van der Waals surface area contributed by atoms with E-state index in [0.717, 1.165) is 29.0 Å². The smallest absolute Gasteiger partial charge is 0.401 e. The normalized spacial score (nSPS) is 11.4. The van der Waals surface area contributed by atoms with Gasteiger partial charge in [-0.25, -0.2) is 4.98 Å². The van der Waals surface area contributed by atoms with Crippen molar-refractivity contribution in [3.8, 4) is 17.0 Å². The number of carbonyl (C=O) groups is 1. The SMILES string of the molecule is COc1ccc(-c2csc(NC(=O)CCc3ccccc3)n2)cc1.FC(F)(F)CNCC(F)(F)F. The molecule has 0 spiro atoms. The van der Waals surface area contributed by atoms with Crippen LogP contribution in [0.25, 0.3) is 11.3 Å². The van der Waals surface area contributed by atoms with Crippen LogP contribution < -0.4 is 15.4 Å². The first-order valence-electron chi connectivity index (χ1n) is 10.2. The zero-order chi connectivity index (χ0) is 25.9. The Labute approximate surface area is 202 Å². The molecule has 190 valence electrons. The number of nitrogens with zero attached hydrogens (tertiary/aromatic N) is 1. The molecule has 0 fully saturated rings. The minimum atomic E-state index is -4.59. The number of aromatic nitrogens is 1. The minimum absolute atomic E-state index is 0.0190. The molecule has 0 saturated heterocycles. The van der Waals surface area contributed by atoms with E-state index in [1.165, 1.54) is 16.7 Å². The van der Waals surface area contributed by atoms with Crippen LogP contribution in [0.1, 0.15) is 12.0 Å². The Morgan fingerprint density at radius 1 is 0.943 bits per heavy atom. The van der Waals surface area contributed by atoms with Gasteiger partial charge in [-0.05, 0) is 36.2 Å². The average molecular weight is 520 g/mol. The lowest BCUT2D eigenvalue weighted by atomic mass is 10.1. The number of alkyl halides is 6. The van der Waals surface area contributed by atoms with Crippen LogP contribution >= 0.6 is 11.3 Å². The summed E-state index contributed by atoms with van der Waals surface area (Å²) in [6.45, 7) is -3.24. The van der Waals surface area contributed by atoms with Gasteiger partial charge in [0.1, 0.15) is 5.75 Å². The summed E-state index contributed by atoms with van der Waals surface area (Å²) < 4.78 is 72.4. The maximum absolute atomic E-state index is 12.1. The maximum atomic E-state index is 12.1. The molecule has 1 amide bonds. The number of ether oxygens (including phenoxy) is 1. The summed E-state index contributed by atoms with van der Waals surface area (Å²) in [4.78, 5) is 16.5.